The summed E-state index contributed by atoms with van der Waals surface area (Å²) in [6.07, 6.45) is 13.6. The first kappa shape index (κ1) is 21.0. The largest absolute Gasteiger partial charge is 0.494 e. The van der Waals surface area contributed by atoms with Gasteiger partial charge in [0.25, 0.3) is 0 Å². The summed E-state index contributed by atoms with van der Waals surface area (Å²) in [5.74, 6) is 0.990. The monoisotopic (exact) mass is 352 g/mol. The van der Waals surface area contributed by atoms with Gasteiger partial charge in [-0.3, -0.25) is 4.79 Å². The van der Waals surface area contributed by atoms with E-state index in [1.807, 2.05) is 0 Å². The fourth-order valence-electron chi connectivity index (χ4n) is 2.77. The Balaban J connectivity index is 2.02. The Labute approximate surface area is 152 Å². The molecular formula is C21H33ClO2. The van der Waals surface area contributed by atoms with Gasteiger partial charge in [0.1, 0.15) is 5.75 Å². The Hall–Kier alpha value is -1.02. The van der Waals surface area contributed by atoms with E-state index in [9.17, 15) is 4.79 Å². The van der Waals surface area contributed by atoms with Crippen LogP contribution in [0.5, 0.6) is 5.75 Å². The highest BCUT2D eigenvalue weighted by atomic mass is 35.5. The van der Waals surface area contributed by atoms with E-state index >= 15 is 0 Å². The molecule has 0 fully saturated rings. The first-order valence-corrected chi connectivity index (χ1v) is 10.00. The van der Waals surface area contributed by atoms with E-state index in [2.05, 4.69) is 31.2 Å². The van der Waals surface area contributed by atoms with E-state index in [4.69, 9.17) is 16.3 Å². The van der Waals surface area contributed by atoms with Crippen molar-refractivity contribution in [3.05, 3.63) is 29.8 Å². The molecule has 3 heteroatoms. The van der Waals surface area contributed by atoms with Gasteiger partial charge in [0.05, 0.1) is 6.61 Å². The Morgan fingerprint density at radius 3 is 2.17 bits per heavy atom. The molecule has 0 saturated heterocycles. The number of hydrogen-bond donors (Lipinski definition) is 0. The zero-order chi connectivity index (χ0) is 17.5. The van der Waals surface area contributed by atoms with Gasteiger partial charge in [0.15, 0.2) is 0 Å². The van der Waals surface area contributed by atoms with Crippen LogP contribution in [0, 0.1) is 0 Å². The zero-order valence-corrected chi connectivity index (χ0v) is 16.0. The maximum absolute atomic E-state index is 10.6. The number of unbranched alkanes of at least 4 members (excludes halogenated alkanes) is 8. The standard InChI is InChI=1S/C21H33ClO2/c1-2-3-4-11-18-24-20-16-14-19(15-17-20)12-9-7-5-6-8-10-13-21(22)23/h14-17H,2-13,18H2,1H3. The number of halogens is 1. The topological polar surface area (TPSA) is 26.3 Å². The summed E-state index contributed by atoms with van der Waals surface area (Å²) in [5.41, 5.74) is 1.39. The second-order valence-electron chi connectivity index (χ2n) is 6.53. The van der Waals surface area contributed by atoms with Crippen molar-refractivity contribution in [2.45, 2.75) is 84.0 Å². The molecular weight excluding hydrogens is 320 g/mol. The quantitative estimate of drug-likeness (QED) is 0.260. The number of benzene rings is 1. The number of hydrogen-bond acceptors (Lipinski definition) is 2. The van der Waals surface area contributed by atoms with Crippen molar-refractivity contribution in [2.24, 2.45) is 0 Å². The number of rotatable bonds is 15. The van der Waals surface area contributed by atoms with Crippen molar-refractivity contribution in [3.63, 3.8) is 0 Å². The molecule has 0 aliphatic heterocycles. The van der Waals surface area contributed by atoms with Crippen LogP contribution in [-0.4, -0.2) is 11.8 Å². The van der Waals surface area contributed by atoms with Crippen LogP contribution >= 0.6 is 11.6 Å². The molecule has 0 aliphatic carbocycles. The van der Waals surface area contributed by atoms with Crippen molar-refractivity contribution in [1.29, 1.82) is 0 Å². The summed E-state index contributed by atoms with van der Waals surface area (Å²) in [6, 6.07) is 8.57. The Kier molecular flexibility index (Phi) is 12.6. The minimum absolute atomic E-state index is 0.205. The predicted octanol–water partition coefficient (Wildman–Crippen LogP) is 6.68. The number of aryl methyl sites for hydroxylation is 1. The smallest absolute Gasteiger partial charge is 0.221 e. The van der Waals surface area contributed by atoms with Gasteiger partial charge >= 0.3 is 0 Å². The van der Waals surface area contributed by atoms with Crippen LogP contribution in [0.25, 0.3) is 0 Å². The summed E-state index contributed by atoms with van der Waals surface area (Å²) in [4.78, 5) is 10.6. The van der Waals surface area contributed by atoms with Crippen LogP contribution in [0.1, 0.15) is 83.1 Å². The molecule has 1 rings (SSSR count). The van der Waals surface area contributed by atoms with Crippen molar-refractivity contribution in [2.75, 3.05) is 6.61 Å². The van der Waals surface area contributed by atoms with Gasteiger partial charge < -0.3 is 4.74 Å². The fraction of sp³-hybridized carbons (Fsp3) is 0.667. The Bertz CT molecular complexity index is 428. The third-order valence-electron chi connectivity index (χ3n) is 4.28. The lowest BCUT2D eigenvalue weighted by Gasteiger charge is -2.07. The van der Waals surface area contributed by atoms with Crippen molar-refractivity contribution >= 4 is 16.8 Å². The zero-order valence-electron chi connectivity index (χ0n) is 15.2. The van der Waals surface area contributed by atoms with E-state index in [0.29, 0.717) is 6.42 Å². The molecule has 24 heavy (non-hydrogen) atoms. The van der Waals surface area contributed by atoms with Gasteiger partial charge in [-0.05, 0) is 55.0 Å². The average Bonchev–Trinajstić information content (AvgIpc) is 2.58. The lowest BCUT2D eigenvalue weighted by molar-refractivity contribution is -0.111. The number of carbonyl (C=O) groups excluding carboxylic acids is 1. The van der Waals surface area contributed by atoms with E-state index in [-0.39, 0.29) is 5.24 Å². The van der Waals surface area contributed by atoms with E-state index in [1.54, 1.807) is 0 Å². The van der Waals surface area contributed by atoms with Crippen LogP contribution in [0.3, 0.4) is 0 Å². The highest BCUT2D eigenvalue weighted by Gasteiger charge is 1.98. The van der Waals surface area contributed by atoms with Gasteiger partial charge in [-0.25, -0.2) is 0 Å². The van der Waals surface area contributed by atoms with Crippen LogP contribution in [0.2, 0.25) is 0 Å². The van der Waals surface area contributed by atoms with Gasteiger partial charge in [0.2, 0.25) is 5.24 Å². The highest BCUT2D eigenvalue weighted by Crippen LogP contribution is 2.16. The maximum Gasteiger partial charge on any atom is 0.221 e. The van der Waals surface area contributed by atoms with Crippen molar-refractivity contribution in [3.8, 4) is 5.75 Å². The fourth-order valence-corrected chi connectivity index (χ4v) is 2.91. The molecule has 0 unspecified atom stereocenters. The van der Waals surface area contributed by atoms with E-state index < -0.39 is 0 Å². The third-order valence-corrected chi connectivity index (χ3v) is 4.47. The lowest BCUT2D eigenvalue weighted by atomic mass is 10.0. The maximum atomic E-state index is 10.6. The molecule has 0 spiro atoms. The first-order valence-electron chi connectivity index (χ1n) is 9.62. The highest BCUT2D eigenvalue weighted by molar-refractivity contribution is 6.63. The normalized spacial score (nSPS) is 10.8. The molecule has 1 aromatic carbocycles. The molecule has 0 aromatic heterocycles. The summed E-state index contributed by atoms with van der Waals surface area (Å²) in [6.45, 7) is 3.05. The Morgan fingerprint density at radius 2 is 1.50 bits per heavy atom. The van der Waals surface area contributed by atoms with Crippen LogP contribution < -0.4 is 4.74 Å². The molecule has 0 radical (unpaired) electrons. The second kappa shape index (κ2) is 14.3. The van der Waals surface area contributed by atoms with Crippen molar-refractivity contribution < 1.29 is 9.53 Å². The summed E-state index contributed by atoms with van der Waals surface area (Å²) in [7, 11) is 0. The van der Waals surface area contributed by atoms with Gasteiger partial charge in [-0.15, -0.1) is 0 Å². The van der Waals surface area contributed by atoms with Crippen LogP contribution in [0.15, 0.2) is 24.3 Å². The van der Waals surface area contributed by atoms with Gasteiger partial charge in [-0.1, -0.05) is 64.0 Å². The minimum atomic E-state index is -0.205. The number of carbonyl (C=O) groups is 1. The third kappa shape index (κ3) is 11.5. The molecule has 0 bridgehead atoms. The molecule has 136 valence electrons. The SMILES string of the molecule is CCCCCCOc1ccc(CCCCCCCCC(=O)Cl)cc1. The summed E-state index contributed by atoms with van der Waals surface area (Å²) in [5, 5.41) is -0.205. The Morgan fingerprint density at radius 1 is 0.875 bits per heavy atom. The molecule has 0 atom stereocenters. The van der Waals surface area contributed by atoms with Gasteiger partial charge in [-0.2, -0.15) is 0 Å². The van der Waals surface area contributed by atoms with Gasteiger partial charge in [0, 0.05) is 6.42 Å². The first-order chi connectivity index (χ1) is 11.7. The number of ether oxygens (including phenoxy) is 1. The predicted molar refractivity (Wildman–Crippen MR) is 103 cm³/mol. The molecule has 0 saturated carbocycles. The second-order valence-corrected chi connectivity index (χ2v) is 6.95. The molecule has 1 aromatic rings. The van der Waals surface area contributed by atoms with Crippen LogP contribution in [0.4, 0.5) is 0 Å². The molecule has 2 nitrogen and oxygen atoms in total. The molecule has 0 N–H and O–H groups in total. The molecule has 0 aliphatic rings. The lowest BCUT2D eigenvalue weighted by Crippen LogP contribution is -1.97. The van der Waals surface area contributed by atoms with Crippen LogP contribution in [-0.2, 0) is 11.2 Å². The average molecular weight is 353 g/mol. The summed E-state index contributed by atoms with van der Waals surface area (Å²) >= 11 is 5.32. The molecule has 0 heterocycles. The van der Waals surface area contributed by atoms with E-state index in [0.717, 1.165) is 38.0 Å². The molecule has 0 amide bonds. The summed E-state index contributed by atoms with van der Waals surface area (Å²) < 4.78 is 5.77. The van der Waals surface area contributed by atoms with Crippen molar-refractivity contribution in [1.82, 2.24) is 0 Å². The van der Waals surface area contributed by atoms with E-state index in [1.165, 1.54) is 50.5 Å². The minimum Gasteiger partial charge on any atom is -0.494 e.